The monoisotopic (exact) mass is 711 g/mol. The molecule has 4 N–H and O–H groups in total. The highest BCUT2D eigenvalue weighted by atomic mass is 32.3. The fraction of sp³-hybridized carbons (Fsp3) is 0.385. The maximum atomic E-state index is 13.3. The Morgan fingerprint density at radius 2 is 1.77 bits per heavy atom. The number of non-ortho nitro benzene ring substituents is 1. The Hall–Kier alpha value is -4.12. The van der Waals surface area contributed by atoms with Gasteiger partial charge in [-0.3, -0.25) is 24.1 Å². The zero-order chi connectivity index (χ0) is 34.8. The largest absolute Gasteiger partial charge is 0.477 e. The van der Waals surface area contributed by atoms with Gasteiger partial charge in [-0.05, 0) is 18.9 Å². The number of ketones is 1. The number of aliphatic carboxylic acids is 1. The first-order valence-electron chi connectivity index (χ1n) is 13.8. The van der Waals surface area contributed by atoms with Crippen LogP contribution in [-0.2, 0) is 36.4 Å². The van der Waals surface area contributed by atoms with Crippen LogP contribution in [0.5, 0.6) is 0 Å². The lowest BCUT2D eigenvalue weighted by Gasteiger charge is -2.51. The minimum atomic E-state index is -4.66. The molecule has 2 aliphatic rings. The molecule has 0 unspecified atom stereocenters. The quantitative estimate of drug-likeness (QED) is 0.0791. The first-order chi connectivity index (χ1) is 21.9. The number of Topliss-reactive ketones (excluding diaryl/α,β-unsaturated/α-hetero) is 1. The molecular formula is C26H29N7O11S3. The van der Waals surface area contributed by atoms with Crippen molar-refractivity contribution in [2.45, 2.75) is 32.4 Å². The number of fused-ring (bicyclic) bond motifs is 2. The number of carboxylic acid groups (broad SMARTS) is 1. The number of rotatable bonds is 13. The number of nitro benzene ring substituents is 1. The summed E-state index contributed by atoms with van der Waals surface area (Å²) in [6.07, 6.45) is 1.67. The number of imidazole rings is 1. The van der Waals surface area contributed by atoms with Gasteiger partial charge in [0.2, 0.25) is 11.7 Å². The van der Waals surface area contributed by atoms with E-state index in [2.05, 4.69) is 4.98 Å². The lowest BCUT2D eigenvalue weighted by atomic mass is 9.64. The van der Waals surface area contributed by atoms with E-state index in [1.807, 2.05) is 9.44 Å². The minimum Gasteiger partial charge on any atom is -0.477 e. The van der Waals surface area contributed by atoms with Crippen molar-refractivity contribution in [1.29, 1.82) is 0 Å². The van der Waals surface area contributed by atoms with Gasteiger partial charge in [-0.1, -0.05) is 22.8 Å². The number of nitrogens with zero attached hydrogens (tertiary/aromatic N) is 5. The molecule has 47 heavy (non-hydrogen) atoms. The van der Waals surface area contributed by atoms with Crippen molar-refractivity contribution < 1.29 is 46.4 Å². The summed E-state index contributed by atoms with van der Waals surface area (Å²) in [6, 6.07) is 4.84. The van der Waals surface area contributed by atoms with Gasteiger partial charge in [0.25, 0.3) is 26.1 Å². The Bertz CT molecular complexity index is 2040. The van der Waals surface area contributed by atoms with Gasteiger partial charge in [0.15, 0.2) is 0 Å². The average molecular weight is 712 g/mol. The van der Waals surface area contributed by atoms with Gasteiger partial charge in [-0.15, -0.1) is 11.3 Å². The number of nitro groups is 1. The highest BCUT2D eigenvalue weighted by Gasteiger charge is 2.66. The molecule has 0 radical (unpaired) electrons. The van der Waals surface area contributed by atoms with E-state index in [0.717, 1.165) is 30.3 Å². The number of carbonyl (C=O) groups is 3. The fourth-order valence-corrected chi connectivity index (χ4v) is 9.95. The predicted octanol–water partition coefficient (Wildman–Crippen LogP) is -0.0168. The molecule has 0 aliphatic carbocycles. The summed E-state index contributed by atoms with van der Waals surface area (Å²) in [7, 11) is -7.37. The Morgan fingerprint density at radius 3 is 2.28 bits per heavy atom. The molecule has 4 heterocycles. The summed E-state index contributed by atoms with van der Waals surface area (Å²) in [5.41, 5.74) is -1.16. The maximum Gasteiger partial charge on any atom is 0.352 e. The van der Waals surface area contributed by atoms with Crippen LogP contribution in [0.2, 0.25) is 0 Å². The molecule has 3 aromatic rings. The van der Waals surface area contributed by atoms with E-state index in [-0.39, 0.29) is 37.6 Å². The van der Waals surface area contributed by atoms with Gasteiger partial charge in [0, 0.05) is 43.4 Å². The van der Waals surface area contributed by atoms with Crippen LogP contribution < -0.4 is 9.44 Å². The van der Waals surface area contributed by atoms with Crippen LogP contribution in [0.25, 0.3) is 10.4 Å². The highest BCUT2D eigenvalue weighted by Crippen LogP contribution is 2.59. The third-order valence-electron chi connectivity index (χ3n) is 8.33. The lowest BCUT2D eigenvalue weighted by Crippen LogP contribution is -2.66. The minimum absolute atomic E-state index is 0.0574. The van der Waals surface area contributed by atoms with Gasteiger partial charge in [-0.2, -0.15) is 16.8 Å². The van der Waals surface area contributed by atoms with Crippen LogP contribution in [0, 0.1) is 21.4 Å². The number of hydrogen-bond acceptors (Lipinski definition) is 12. The van der Waals surface area contributed by atoms with Crippen LogP contribution in [0.4, 0.5) is 5.69 Å². The number of aliphatic hydroxyl groups is 1. The second-order valence-corrected chi connectivity index (χ2v) is 16.0. The van der Waals surface area contributed by atoms with Crippen molar-refractivity contribution in [1.82, 2.24) is 27.4 Å². The van der Waals surface area contributed by atoms with Gasteiger partial charge < -0.3 is 15.1 Å². The van der Waals surface area contributed by atoms with Gasteiger partial charge >= 0.3 is 5.97 Å². The number of nitrogens with one attached hydrogen (secondary N) is 2. The van der Waals surface area contributed by atoms with E-state index in [1.165, 1.54) is 48.1 Å². The normalized spacial score (nSPS) is 22.1. The predicted molar refractivity (Wildman–Crippen MR) is 165 cm³/mol. The molecule has 0 bridgehead atoms. The summed E-state index contributed by atoms with van der Waals surface area (Å²) in [5.74, 6) is -3.96. The number of carboxylic acids is 1. The van der Waals surface area contributed by atoms with E-state index >= 15 is 0 Å². The van der Waals surface area contributed by atoms with Crippen LogP contribution in [0.1, 0.15) is 34.8 Å². The zero-order valence-electron chi connectivity index (χ0n) is 25.1. The van der Waals surface area contributed by atoms with Gasteiger partial charge in [0.1, 0.15) is 22.5 Å². The first kappa shape index (κ1) is 34.2. The van der Waals surface area contributed by atoms with Crippen molar-refractivity contribution >= 4 is 65.5 Å². The average Bonchev–Trinajstić information content (AvgIpc) is 3.64. The van der Waals surface area contributed by atoms with Crippen LogP contribution >= 0.6 is 11.3 Å². The summed E-state index contributed by atoms with van der Waals surface area (Å²) < 4.78 is 54.9. The molecule has 252 valence electrons. The first-order valence-corrected chi connectivity index (χ1v) is 17.5. The van der Waals surface area contributed by atoms with E-state index in [1.54, 1.807) is 6.92 Å². The molecule has 1 aromatic carbocycles. The second kappa shape index (κ2) is 11.8. The van der Waals surface area contributed by atoms with E-state index in [4.69, 9.17) is 0 Å². The Morgan fingerprint density at radius 1 is 1.17 bits per heavy atom. The molecule has 2 aliphatic heterocycles. The number of aromatic nitrogens is 2. The lowest BCUT2D eigenvalue weighted by molar-refractivity contribution is -0.384. The highest BCUT2D eigenvalue weighted by molar-refractivity contribution is 8.02. The third kappa shape index (κ3) is 5.52. The fourth-order valence-electron chi connectivity index (χ4n) is 6.21. The zero-order valence-corrected chi connectivity index (χ0v) is 27.6. The van der Waals surface area contributed by atoms with Crippen molar-refractivity contribution in [3.63, 3.8) is 0 Å². The number of hydrogen-bond donors (Lipinski definition) is 4. The number of thiazole rings is 1. The molecule has 1 amide bonds. The van der Waals surface area contributed by atoms with Gasteiger partial charge in [0.05, 0.1) is 34.4 Å². The molecule has 2 aromatic heterocycles. The van der Waals surface area contributed by atoms with Crippen LogP contribution in [-0.4, -0.2) is 100 Å². The van der Waals surface area contributed by atoms with E-state index in [9.17, 15) is 51.5 Å². The Labute approximate surface area is 271 Å². The summed E-state index contributed by atoms with van der Waals surface area (Å²) in [5, 5.41) is 32.1. The number of aliphatic hydroxyl groups excluding tert-OH is 1. The molecule has 5 rings (SSSR count). The summed E-state index contributed by atoms with van der Waals surface area (Å²) >= 11 is 0.913. The molecule has 0 saturated carbocycles. The Kier molecular flexibility index (Phi) is 8.62. The Balaban J connectivity index is 1.63. The summed E-state index contributed by atoms with van der Waals surface area (Å²) in [6.45, 7) is 2.00. The van der Waals surface area contributed by atoms with Crippen LogP contribution in [0.3, 0.4) is 0 Å². The van der Waals surface area contributed by atoms with Crippen LogP contribution in [0.15, 0.2) is 42.5 Å². The van der Waals surface area contributed by atoms with Crippen molar-refractivity contribution in [2.75, 3.05) is 20.6 Å². The maximum absolute atomic E-state index is 13.3. The molecule has 21 heteroatoms. The molecule has 4 atom stereocenters. The number of carbonyl (C=O) groups excluding carboxylic acids is 2. The van der Waals surface area contributed by atoms with Gasteiger partial charge in [-0.25, -0.2) is 19.2 Å². The number of β-lactam (4-membered cyclic amide) rings is 1. The molecule has 1 saturated heterocycles. The molecule has 1 fully saturated rings. The second-order valence-electron chi connectivity index (χ2n) is 11.1. The van der Waals surface area contributed by atoms with Crippen molar-refractivity contribution in [3.8, 4) is 0 Å². The summed E-state index contributed by atoms with van der Waals surface area (Å²) in [4.78, 5) is 55.6. The smallest absolute Gasteiger partial charge is 0.352 e. The number of benzene rings is 1. The SMILES string of the molecule is CNS(=O)(=O)N(CC(=O)c1ncn2cc(C3=C(C(=O)O)N4C(=O)[C@H]([C@@H](C)O)[C@@H]4[C@@]3(C)Cc3ccc([N+](=O)[O-])cc3)sc12)S(=O)(=O)NC. The molecular weight excluding hydrogens is 683 g/mol. The van der Waals surface area contributed by atoms with Crippen molar-refractivity contribution in [3.05, 3.63) is 68.7 Å². The number of amides is 1. The molecule has 0 spiro atoms. The molecule has 18 nitrogen and oxygen atoms in total. The van der Waals surface area contributed by atoms with Crippen molar-refractivity contribution in [2.24, 2.45) is 11.3 Å². The third-order valence-corrected chi connectivity index (χ3v) is 13.0. The topological polar surface area (TPSA) is 251 Å². The van der Waals surface area contributed by atoms with E-state index in [0.29, 0.717) is 10.4 Å². The standard InChI is InChI=1S/C26H29N7O11S3/c1-13(34)18-22-26(2,9-14-5-7-15(8-6-14)33(39)40)19(21(25(37)38)32(22)23(18)36)17-11-30-12-29-20(24(30)45-17)16(35)10-31(46(41,42)27-3)47(43,44)28-4/h5-8,11-13,18,22,27-28,34H,9-10H2,1-4H3,(H,37,38)/t13-,18-,22-,26+/m1/s1. The van der Waals surface area contributed by atoms with E-state index < -0.39 is 73.0 Å².